The van der Waals surface area contributed by atoms with Gasteiger partial charge in [-0.1, -0.05) is 31.5 Å². The first-order valence-electron chi connectivity index (χ1n) is 8.87. The van der Waals surface area contributed by atoms with E-state index in [1.54, 1.807) is 25.1 Å². The molecule has 0 aliphatic heterocycles. The van der Waals surface area contributed by atoms with Crippen LogP contribution in [0, 0.1) is 6.92 Å². The first-order valence-corrected chi connectivity index (χ1v) is 10.3. The number of sulfonamides is 1. The van der Waals surface area contributed by atoms with Crippen LogP contribution in [0.25, 0.3) is 0 Å². The van der Waals surface area contributed by atoms with Crippen LogP contribution in [0.4, 0.5) is 5.69 Å². The van der Waals surface area contributed by atoms with Gasteiger partial charge >= 0.3 is 0 Å². The van der Waals surface area contributed by atoms with Crippen molar-refractivity contribution in [1.82, 2.24) is 5.32 Å². The molecule has 0 atom stereocenters. The summed E-state index contributed by atoms with van der Waals surface area (Å²) in [6, 6.07) is 13.6. The van der Waals surface area contributed by atoms with Crippen molar-refractivity contribution in [1.29, 1.82) is 0 Å². The molecule has 0 aliphatic rings. The van der Waals surface area contributed by atoms with Crippen LogP contribution in [0.3, 0.4) is 0 Å². The molecule has 0 fully saturated rings. The van der Waals surface area contributed by atoms with E-state index in [2.05, 4.69) is 5.32 Å². The van der Waals surface area contributed by atoms with Gasteiger partial charge in [0.1, 0.15) is 0 Å². The Bertz CT molecular complexity index is 863. The minimum absolute atomic E-state index is 0.115. The average Bonchev–Trinajstić information content (AvgIpc) is 2.62. The molecule has 0 saturated heterocycles. The second-order valence-corrected chi connectivity index (χ2v) is 8.01. The van der Waals surface area contributed by atoms with Crippen molar-refractivity contribution in [2.24, 2.45) is 0 Å². The minimum atomic E-state index is -3.75. The van der Waals surface area contributed by atoms with Gasteiger partial charge in [-0.15, -0.1) is 0 Å². The fourth-order valence-corrected chi connectivity index (χ4v) is 4.19. The van der Waals surface area contributed by atoms with Crippen LogP contribution in [0.5, 0.6) is 0 Å². The zero-order chi connectivity index (χ0) is 19.2. The second kappa shape index (κ2) is 8.85. The molecule has 2 aromatic rings. The number of anilines is 1. The molecular weight excluding hydrogens is 348 g/mol. The lowest BCUT2D eigenvalue weighted by Crippen LogP contribution is -2.31. The van der Waals surface area contributed by atoms with E-state index in [1.807, 2.05) is 32.0 Å². The molecule has 0 spiro atoms. The number of amides is 1. The molecule has 0 saturated carbocycles. The van der Waals surface area contributed by atoms with Gasteiger partial charge in [-0.2, -0.15) is 0 Å². The SMILES string of the molecule is CCCCNC(=O)c1cccc(S(=O)(=O)N(CC)c2cccc(C)c2)c1. The number of aryl methyl sites for hydroxylation is 1. The highest BCUT2D eigenvalue weighted by molar-refractivity contribution is 7.92. The number of unbranched alkanes of at least 4 members (excludes halogenated alkanes) is 1. The van der Waals surface area contributed by atoms with Gasteiger partial charge in [-0.3, -0.25) is 9.10 Å². The Labute approximate surface area is 156 Å². The van der Waals surface area contributed by atoms with Crippen LogP contribution < -0.4 is 9.62 Å². The normalized spacial score (nSPS) is 11.2. The Kier molecular flexibility index (Phi) is 6.80. The smallest absolute Gasteiger partial charge is 0.264 e. The number of nitrogens with zero attached hydrogens (tertiary/aromatic N) is 1. The number of hydrogen-bond acceptors (Lipinski definition) is 3. The molecule has 1 N–H and O–H groups in total. The number of carbonyl (C=O) groups excluding carboxylic acids is 1. The van der Waals surface area contributed by atoms with Crippen molar-refractivity contribution in [2.45, 2.75) is 38.5 Å². The van der Waals surface area contributed by atoms with Crippen molar-refractivity contribution >= 4 is 21.6 Å². The Morgan fingerprint density at radius 2 is 1.81 bits per heavy atom. The monoisotopic (exact) mass is 374 g/mol. The summed E-state index contributed by atoms with van der Waals surface area (Å²) in [5, 5.41) is 2.81. The highest BCUT2D eigenvalue weighted by Crippen LogP contribution is 2.24. The van der Waals surface area contributed by atoms with Crippen LogP contribution in [-0.2, 0) is 10.0 Å². The maximum atomic E-state index is 13.1. The highest BCUT2D eigenvalue weighted by atomic mass is 32.2. The maximum absolute atomic E-state index is 13.1. The van der Waals surface area contributed by atoms with Crippen LogP contribution >= 0.6 is 0 Å². The molecule has 1 amide bonds. The predicted octanol–water partition coefficient (Wildman–Crippen LogP) is 3.74. The van der Waals surface area contributed by atoms with Gasteiger partial charge in [0, 0.05) is 18.7 Å². The van der Waals surface area contributed by atoms with Crippen LogP contribution in [0.1, 0.15) is 42.6 Å². The number of nitrogens with one attached hydrogen (secondary N) is 1. The first-order chi connectivity index (χ1) is 12.4. The number of benzene rings is 2. The molecule has 0 unspecified atom stereocenters. The van der Waals surface area contributed by atoms with E-state index in [-0.39, 0.29) is 10.8 Å². The van der Waals surface area contributed by atoms with Crippen molar-refractivity contribution in [2.75, 3.05) is 17.4 Å². The van der Waals surface area contributed by atoms with E-state index in [1.165, 1.54) is 16.4 Å². The van der Waals surface area contributed by atoms with Crippen LogP contribution in [0.2, 0.25) is 0 Å². The molecular formula is C20H26N2O3S. The molecule has 0 heterocycles. The van der Waals surface area contributed by atoms with E-state index in [9.17, 15) is 13.2 Å². The Morgan fingerprint density at radius 1 is 1.08 bits per heavy atom. The molecule has 26 heavy (non-hydrogen) atoms. The lowest BCUT2D eigenvalue weighted by atomic mass is 10.2. The van der Waals surface area contributed by atoms with Crippen molar-refractivity contribution in [3.8, 4) is 0 Å². The summed E-state index contributed by atoms with van der Waals surface area (Å²) in [7, 11) is -3.75. The van der Waals surface area contributed by atoms with Gasteiger partial charge in [-0.05, 0) is 56.2 Å². The summed E-state index contributed by atoms with van der Waals surface area (Å²) in [5.41, 5.74) is 1.95. The Hall–Kier alpha value is -2.34. The van der Waals surface area contributed by atoms with Gasteiger partial charge in [0.15, 0.2) is 0 Å². The van der Waals surface area contributed by atoms with E-state index in [4.69, 9.17) is 0 Å². The molecule has 5 nitrogen and oxygen atoms in total. The van der Waals surface area contributed by atoms with Gasteiger partial charge in [-0.25, -0.2) is 8.42 Å². The van der Waals surface area contributed by atoms with E-state index in [0.29, 0.717) is 24.3 Å². The lowest BCUT2D eigenvalue weighted by Gasteiger charge is -2.23. The van der Waals surface area contributed by atoms with Crippen molar-refractivity contribution in [3.63, 3.8) is 0 Å². The summed E-state index contributed by atoms with van der Waals surface area (Å²) >= 11 is 0. The quantitative estimate of drug-likeness (QED) is 0.716. The molecule has 0 bridgehead atoms. The lowest BCUT2D eigenvalue weighted by molar-refractivity contribution is 0.0953. The molecule has 140 valence electrons. The zero-order valence-electron chi connectivity index (χ0n) is 15.5. The highest BCUT2D eigenvalue weighted by Gasteiger charge is 2.24. The number of rotatable bonds is 8. The Balaban J connectivity index is 2.33. The number of carbonyl (C=O) groups is 1. The minimum Gasteiger partial charge on any atom is -0.352 e. The summed E-state index contributed by atoms with van der Waals surface area (Å²) in [6.45, 7) is 6.64. The largest absolute Gasteiger partial charge is 0.352 e. The summed E-state index contributed by atoms with van der Waals surface area (Å²) in [6.07, 6.45) is 1.87. The molecule has 2 rings (SSSR count). The summed E-state index contributed by atoms with van der Waals surface area (Å²) in [5.74, 6) is -0.255. The fraction of sp³-hybridized carbons (Fsp3) is 0.350. The van der Waals surface area contributed by atoms with Crippen molar-refractivity contribution in [3.05, 3.63) is 59.7 Å². The fourth-order valence-electron chi connectivity index (χ4n) is 2.68. The maximum Gasteiger partial charge on any atom is 0.264 e. The Morgan fingerprint density at radius 3 is 2.46 bits per heavy atom. The van der Waals surface area contributed by atoms with Crippen LogP contribution in [0.15, 0.2) is 53.4 Å². The third-order valence-corrected chi connectivity index (χ3v) is 5.98. The third-order valence-electron chi connectivity index (χ3n) is 4.08. The van der Waals surface area contributed by atoms with Crippen molar-refractivity contribution < 1.29 is 13.2 Å². The molecule has 6 heteroatoms. The number of hydrogen-bond donors (Lipinski definition) is 1. The van der Waals surface area contributed by atoms with E-state index in [0.717, 1.165) is 18.4 Å². The van der Waals surface area contributed by atoms with E-state index < -0.39 is 10.0 Å². The van der Waals surface area contributed by atoms with Gasteiger partial charge in [0.05, 0.1) is 10.6 Å². The molecule has 0 aromatic heterocycles. The van der Waals surface area contributed by atoms with Gasteiger partial charge in [0.2, 0.25) is 0 Å². The molecule has 0 radical (unpaired) electrons. The van der Waals surface area contributed by atoms with Gasteiger partial charge in [0.25, 0.3) is 15.9 Å². The first kappa shape index (κ1) is 20.0. The zero-order valence-corrected chi connectivity index (χ0v) is 16.3. The molecule has 2 aromatic carbocycles. The predicted molar refractivity (Wildman–Crippen MR) is 105 cm³/mol. The second-order valence-electron chi connectivity index (χ2n) is 6.15. The van der Waals surface area contributed by atoms with Crippen LogP contribution in [-0.4, -0.2) is 27.4 Å². The third kappa shape index (κ3) is 4.64. The van der Waals surface area contributed by atoms with Gasteiger partial charge < -0.3 is 5.32 Å². The summed E-state index contributed by atoms with van der Waals surface area (Å²) < 4.78 is 27.6. The standard InChI is InChI=1S/C20H26N2O3S/c1-4-6-13-21-20(23)17-10-8-12-19(15-17)26(24,25)22(5-2)18-11-7-9-16(3)14-18/h7-12,14-15H,4-6,13H2,1-3H3,(H,21,23). The van der Waals surface area contributed by atoms with E-state index >= 15 is 0 Å². The average molecular weight is 375 g/mol. The topological polar surface area (TPSA) is 66.5 Å². The summed E-state index contributed by atoms with van der Waals surface area (Å²) in [4.78, 5) is 12.3. The molecule has 0 aliphatic carbocycles.